The summed E-state index contributed by atoms with van der Waals surface area (Å²) in [4.78, 5) is 76.3. The Morgan fingerprint density at radius 3 is 1.97 bits per heavy atom. The van der Waals surface area contributed by atoms with Crippen molar-refractivity contribution < 1.29 is 32.4 Å². The molecule has 0 aromatic rings. The molecule has 7 aliphatic rings. The van der Waals surface area contributed by atoms with Crippen LogP contribution in [0, 0.1) is 33.5 Å². The predicted octanol–water partition coefficient (Wildman–Crippen LogP) is 4.54. The summed E-state index contributed by atoms with van der Waals surface area (Å²) in [7, 11) is -3.93. The molecule has 2 saturated heterocycles. The van der Waals surface area contributed by atoms with Crippen molar-refractivity contribution >= 4 is 39.6 Å². The van der Waals surface area contributed by atoms with Crippen LogP contribution < -0.4 is 20.7 Å². The zero-order valence-electron chi connectivity index (χ0n) is 36.6. The Kier molecular flexibility index (Phi) is 11.2. The van der Waals surface area contributed by atoms with Gasteiger partial charge in [0.2, 0.25) is 33.7 Å². The van der Waals surface area contributed by atoms with Gasteiger partial charge in [0, 0.05) is 12.0 Å². The van der Waals surface area contributed by atoms with Crippen molar-refractivity contribution in [1.29, 1.82) is 0 Å². The lowest BCUT2D eigenvalue weighted by atomic mass is 9.73. The molecule has 0 radical (unpaired) electrons. The summed E-state index contributed by atoms with van der Waals surface area (Å²) in [6, 6.07) is -2.99. The zero-order chi connectivity index (χ0) is 42.3. The first-order valence-corrected chi connectivity index (χ1v) is 24.2. The molecule has 4 N–H and O–H groups in total. The van der Waals surface area contributed by atoms with E-state index in [2.05, 4.69) is 46.3 Å². The van der Waals surface area contributed by atoms with Crippen LogP contribution in [-0.4, -0.2) is 102 Å². The normalized spacial score (nSPS) is 33.4. The molecule has 7 rings (SSSR count). The molecule has 0 aromatic carbocycles. The molecule has 13 nitrogen and oxygen atoms in total. The topological polar surface area (TPSA) is 174 Å². The largest absolute Gasteiger partial charge is 0.343 e. The van der Waals surface area contributed by atoms with Crippen LogP contribution in [0.15, 0.2) is 0 Å². The van der Waals surface area contributed by atoms with E-state index >= 15 is 4.79 Å². The van der Waals surface area contributed by atoms with Crippen molar-refractivity contribution in [2.45, 2.75) is 193 Å². The fourth-order valence-electron chi connectivity index (χ4n) is 12.3. The molecule has 2 aliphatic heterocycles. The van der Waals surface area contributed by atoms with Gasteiger partial charge in [-0.05, 0) is 112 Å². The van der Waals surface area contributed by atoms with E-state index in [-0.39, 0.29) is 51.8 Å². The molecule has 2 heterocycles. The van der Waals surface area contributed by atoms with Crippen molar-refractivity contribution in [3.8, 4) is 0 Å². The molecule has 7 fully saturated rings. The molecule has 0 aromatic heterocycles. The molecule has 5 amide bonds. The van der Waals surface area contributed by atoms with Crippen LogP contribution in [0.3, 0.4) is 0 Å². The summed E-state index contributed by atoms with van der Waals surface area (Å²) in [6.45, 7) is 17.8. The highest BCUT2D eigenvalue weighted by atomic mass is 32.2. The van der Waals surface area contributed by atoms with Gasteiger partial charge < -0.3 is 20.9 Å². The number of carbonyl (C=O) groups excluding carboxylic acids is 5. The van der Waals surface area contributed by atoms with Crippen LogP contribution in [0.25, 0.3) is 0 Å². The van der Waals surface area contributed by atoms with E-state index in [0.717, 1.165) is 83.7 Å². The Hall–Kier alpha value is -2.74. The van der Waals surface area contributed by atoms with E-state index in [4.69, 9.17) is 0 Å². The Balaban J connectivity index is 1.15. The number of piperidine rings is 1. The van der Waals surface area contributed by atoms with Gasteiger partial charge in [-0.1, -0.05) is 87.0 Å². The second kappa shape index (κ2) is 15.0. The number of sulfonamides is 1. The molecule has 58 heavy (non-hydrogen) atoms. The average Bonchev–Trinajstić information content (AvgIpc) is 4.09. The maximum Gasteiger partial charge on any atom is 0.259 e. The molecule has 5 saturated carbocycles. The molecule has 0 unspecified atom stereocenters. The average molecular weight is 829 g/mol. The summed E-state index contributed by atoms with van der Waals surface area (Å²) in [5, 5.41) is 9.39. The first-order valence-electron chi connectivity index (χ1n) is 22.7. The van der Waals surface area contributed by atoms with Gasteiger partial charge in [0.15, 0.2) is 0 Å². The smallest absolute Gasteiger partial charge is 0.259 e. The number of rotatable bonds is 13. The van der Waals surface area contributed by atoms with Crippen LogP contribution in [0.4, 0.5) is 0 Å². The van der Waals surface area contributed by atoms with Gasteiger partial charge in [-0.25, -0.2) is 8.42 Å². The summed E-state index contributed by atoms with van der Waals surface area (Å²) in [6.07, 6.45) is 12.8. The van der Waals surface area contributed by atoms with Crippen LogP contribution in [0.5, 0.6) is 0 Å². The number of nitrogens with one attached hydrogen (secondary N) is 4. The molecular weight excluding hydrogens is 757 g/mol. The highest BCUT2D eigenvalue weighted by molar-refractivity contribution is 7.91. The fraction of sp³-hybridized carbons (Fsp3) is 0.886. The van der Waals surface area contributed by atoms with Gasteiger partial charge >= 0.3 is 0 Å². The van der Waals surface area contributed by atoms with Gasteiger partial charge in [-0.3, -0.25) is 33.6 Å². The van der Waals surface area contributed by atoms with Crippen LogP contribution in [-0.2, 0) is 34.0 Å². The van der Waals surface area contributed by atoms with Crippen molar-refractivity contribution in [3.05, 3.63) is 0 Å². The standard InChI is InChI=1S/C44H72N6O7S/c1-9-29-25-44(29,38(55)48-58(56,57)41(8)22-23-41)47-35(52)31-26-43(40(6,7)42(43)20-16-21-42)27-50(31)37(54)33(39(3,4)5)46-36(53)32(28-17-12-11-13-18-28)45-34(51)30-19-14-15-24-49(30)10-2/h28-33H,9-27H2,1-8H3,(H,45,51)(H,46,53)(H,47,52)(H,48,55)/t29-,30+,31+,32+,33-,43-,44-/m1/s1. The summed E-state index contributed by atoms with van der Waals surface area (Å²) >= 11 is 0. The Labute approximate surface area is 347 Å². The molecule has 326 valence electrons. The molecule has 14 heteroatoms. The molecule has 7 atom stereocenters. The van der Waals surface area contributed by atoms with Crippen molar-refractivity contribution in [1.82, 2.24) is 30.5 Å². The van der Waals surface area contributed by atoms with E-state index in [1.165, 1.54) is 0 Å². The zero-order valence-corrected chi connectivity index (χ0v) is 37.4. The quantitative estimate of drug-likeness (QED) is 0.210. The summed E-state index contributed by atoms with van der Waals surface area (Å²) < 4.78 is 27.7. The third-order valence-corrected chi connectivity index (χ3v) is 19.2. The fourth-order valence-corrected chi connectivity index (χ4v) is 13.6. The second-order valence-electron chi connectivity index (χ2n) is 21.3. The first-order chi connectivity index (χ1) is 27.1. The third kappa shape index (κ3) is 6.99. The van der Waals surface area contributed by atoms with Crippen LogP contribution in [0.1, 0.15) is 158 Å². The van der Waals surface area contributed by atoms with E-state index in [1.807, 2.05) is 27.7 Å². The maximum absolute atomic E-state index is 15.3. The molecule has 5 aliphatic carbocycles. The highest BCUT2D eigenvalue weighted by Crippen LogP contribution is 2.88. The Bertz CT molecular complexity index is 1780. The number of hydrogen-bond donors (Lipinski definition) is 4. The third-order valence-electron chi connectivity index (χ3n) is 17.0. The molecule has 0 bridgehead atoms. The number of likely N-dealkylation sites (N-methyl/N-ethyl adjacent to an activating group) is 1. The lowest BCUT2D eigenvalue weighted by Crippen LogP contribution is -2.63. The van der Waals surface area contributed by atoms with Gasteiger partial charge in [0.25, 0.3) is 5.91 Å². The summed E-state index contributed by atoms with van der Waals surface area (Å²) in [5.74, 6) is -2.30. The van der Waals surface area contributed by atoms with E-state index in [1.54, 1.807) is 11.8 Å². The minimum Gasteiger partial charge on any atom is -0.343 e. The number of fused-ring (bicyclic) bond motifs is 1. The number of likely N-dealkylation sites (tertiary alicyclic amines) is 2. The number of hydrogen-bond acceptors (Lipinski definition) is 8. The van der Waals surface area contributed by atoms with Gasteiger partial charge in [0.05, 0.1) is 10.8 Å². The number of nitrogens with zero attached hydrogens (tertiary/aromatic N) is 2. The second-order valence-corrected chi connectivity index (χ2v) is 23.5. The van der Waals surface area contributed by atoms with Crippen molar-refractivity contribution in [2.75, 3.05) is 19.6 Å². The van der Waals surface area contributed by atoms with Gasteiger partial charge in [-0.15, -0.1) is 0 Å². The van der Waals surface area contributed by atoms with Crippen LogP contribution in [0.2, 0.25) is 0 Å². The van der Waals surface area contributed by atoms with E-state index in [0.29, 0.717) is 38.6 Å². The Morgan fingerprint density at radius 1 is 0.776 bits per heavy atom. The lowest BCUT2D eigenvalue weighted by molar-refractivity contribution is -0.145. The molecular formula is C44H72N6O7S. The highest BCUT2D eigenvalue weighted by Gasteiger charge is 2.85. The van der Waals surface area contributed by atoms with Crippen molar-refractivity contribution in [2.24, 2.45) is 33.5 Å². The number of amides is 5. The minimum atomic E-state index is -3.93. The van der Waals surface area contributed by atoms with Crippen molar-refractivity contribution in [3.63, 3.8) is 0 Å². The predicted molar refractivity (Wildman–Crippen MR) is 221 cm³/mol. The summed E-state index contributed by atoms with van der Waals surface area (Å²) in [5.41, 5.74) is -2.55. The number of carbonyl (C=O) groups is 5. The van der Waals surface area contributed by atoms with Crippen LogP contribution >= 0.6 is 0 Å². The van der Waals surface area contributed by atoms with E-state index < -0.39 is 55.7 Å². The van der Waals surface area contributed by atoms with Gasteiger partial charge in [-0.2, -0.15) is 0 Å². The monoisotopic (exact) mass is 829 g/mol. The lowest BCUT2D eigenvalue weighted by Gasteiger charge is -2.39. The maximum atomic E-state index is 15.3. The Morgan fingerprint density at radius 2 is 1.43 bits per heavy atom. The van der Waals surface area contributed by atoms with Gasteiger partial charge in [0.1, 0.15) is 23.7 Å². The SMILES string of the molecule is CC[C@@H]1C[C@]1(NC(=O)[C@@H]1C[C@@]2(CN1C(=O)[C@@H](NC(=O)[C@@H](NC(=O)[C@@H]1CCCCN1CC)C1CCCCC1)C(C)(C)C)C(C)(C)C21CCC1)C(=O)NS(=O)(=O)C1(C)CC1. The first kappa shape index (κ1) is 43.4. The molecule has 2 spiro atoms. The minimum absolute atomic E-state index is 0.00424. The van der Waals surface area contributed by atoms with E-state index in [9.17, 15) is 27.6 Å².